The minimum Gasteiger partial charge on any atom is -0.369 e. The number of nitrogens with two attached hydrogens (primary N) is 1. The molecule has 0 bridgehead atoms. The normalized spacial score (nSPS) is 13.9. The second-order valence-electron chi connectivity index (χ2n) is 6.32. The Balaban J connectivity index is 1.71. The van der Waals surface area contributed by atoms with Gasteiger partial charge in [0.15, 0.2) is 5.82 Å². The lowest BCUT2D eigenvalue weighted by molar-refractivity contribution is 0.595. The third-order valence-corrected chi connectivity index (χ3v) is 6.43. The molecule has 26 heavy (non-hydrogen) atoms. The summed E-state index contributed by atoms with van der Waals surface area (Å²) in [5.41, 5.74) is 2.19. The zero-order valence-electron chi connectivity index (χ0n) is 14.1. The third kappa shape index (κ3) is 3.55. The molecule has 4 rings (SSSR count). The molecular formula is C17H19N5O2S2. The second kappa shape index (κ2) is 6.90. The van der Waals surface area contributed by atoms with Crippen molar-refractivity contribution < 1.29 is 8.42 Å². The Kier molecular flexibility index (Phi) is 4.60. The highest BCUT2D eigenvalue weighted by atomic mass is 32.2. The van der Waals surface area contributed by atoms with Crippen LogP contribution < -0.4 is 10.5 Å². The van der Waals surface area contributed by atoms with Crippen LogP contribution in [-0.2, 0) is 22.9 Å². The van der Waals surface area contributed by atoms with Crippen molar-refractivity contribution >= 4 is 37.4 Å². The summed E-state index contributed by atoms with van der Waals surface area (Å²) < 4.78 is 22.3. The van der Waals surface area contributed by atoms with Gasteiger partial charge in [0.05, 0.1) is 11.1 Å². The van der Waals surface area contributed by atoms with Gasteiger partial charge in [-0.15, -0.1) is 11.3 Å². The first kappa shape index (κ1) is 17.3. The number of anilines is 1. The number of thiophene rings is 1. The van der Waals surface area contributed by atoms with E-state index in [4.69, 9.17) is 15.1 Å². The van der Waals surface area contributed by atoms with Crippen molar-refractivity contribution in [2.24, 2.45) is 5.14 Å². The van der Waals surface area contributed by atoms with Gasteiger partial charge < -0.3 is 5.32 Å². The first-order chi connectivity index (χ1) is 12.5. The van der Waals surface area contributed by atoms with Crippen LogP contribution in [0.25, 0.3) is 21.6 Å². The van der Waals surface area contributed by atoms with E-state index < -0.39 is 10.0 Å². The van der Waals surface area contributed by atoms with Crippen LogP contribution in [0.15, 0.2) is 24.5 Å². The van der Waals surface area contributed by atoms with Gasteiger partial charge in [-0.25, -0.2) is 23.5 Å². The maximum Gasteiger partial charge on any atom is 0.209 e. The molecular weight excluding hydrogens is 370 g/mol. The zero-order chi connectivity index (χ0) is 18.1. The van der Waals surface area contributed by atoms with Gasteiger partial charge in [0.25, 0.3) is 0 Å². The largest absolute Gasteiger partial charge is 0.369 e. The fourth-order valence-corrected chi connectivity index (χ4v) is 5.04. The van der Waals surface area contributed by atoms with Crippen LogP contribution in [0.5, 0.6) is 0 Å². The van der Waals surface area contributed by atoms with Crippen molar-refractivity contribution in [2.45, 2.75) is 25.7 Å². The molecule has 0 aromatic carbocycles. The van der Waals surface area contributed by atoms with Crippen LogP contribution in [0.4, 0.5) is 5.82 Å². The number of hydrogen-bond acceptors (Lipinski definition) is 7. The molecule has 0 unspecified atom stereocenters. The van der Waals surface area contributed by atoms with Crippen molar-refractivity contribution in [1.29, 1.82) is 0 Å². The Bertz CT molecular complexity index is 1050. The number of aryl methyl sites for hydroxylation is 2. The van der Waals surface area contributed by atoms with Gasteiger partial charge >= 0.3 is 0 Å². The van der Waals surface area contributed by atoms with Crippen molar-refractivity contribution in [3.05, 3.63) is 35.0 Å². The van der Waals surface area contributed by atoms with Crippen LogP contribution in [0.1, 0.15) is 23.3 Å². The number of primary sulfonamides is 1. The summed E-state index contributed by atoms with van der Waals surface area (Å²) in [5.74, 6) is 1.34. The number of hydrogen-bond donors (Lipinski definition) is 2. The van der Waals surface area contributed by atoms with E-state index >= 15 is 0 Å². The first-order valence-corrected chi connectivity index (χ1v) is 11.0. The predicted octanol–water partition coefficient (Wildman–Crippen LogP) is 2.33. The molecule has 0 aliphatic heterocycles. The molecule has 0 radical (unpaired) electrons. The lowest BCUT2D eigenvalue weighted by atomic mass is 10.2. The highest BCUT2D eigenvalue weighted by molar-refractivity contribution is 7.89. The Morgan fingerprint density at radius 2 is 2.15 bits per heavy atom. The lowest BCUT2D eigenvalue weighted by Crippen LogP contribution is -2.19. The Labute approximate surface area is 155 Å². The van der Waals surface area contributed by atoms with Crippen molar-refractivity contribution in [2.75, 3.05) is 17.6 Å². The summed E-state index contributed by atoms with van der Waals surface area (Å²) >= 11 is 1.73. The monoisotopic (exact) mass is 389 g/mol. The zero-order valence-corrected chi connectivity index (χ0v) is 15.7. The van der Waals surface area contributed by atoms with Crippen molar-refractivity contribution in [3.63, 3.8) is 0 Å². The molecule has 1 aliphatic carbocycles. The molecule has 0 amide bonds. The van der Waals surface area contributed by atoms with E-state index in [0.29, 0.717) is 18.8 Å². The van der Waals surface area contributed by atoms with E-state index in [-0.39, 0.29) is 5.75 Å². The smallest absolute Gasteiger partial charge is 0.209 e. The molecule has 0 fully saturated rings. The SMILES string of the molecule is NS(=O)(=O)CCCNc1nc(-c2cccnc2)nc2sc3c(c12)CCC3. The molecule has 9 heteroatoms. The Morgan fingerprint density at radius 1 is 1.27 bits per heavy atom. The van der Waals surface area contributed by atoms with E-state index in [0.717, 1.165) is 40.9 Å². The molecule has 1 aliphatic rings. The number of fused-ring (bicyclic) bond motifs is 3. The number of nitrogens with one attached hydrogen (secondary N) is 1. The molecule has 0 atom stereocenters. The molecule has 7 nitrogen and oxygen atoms in total. The quantitative estimate of drug-likeness (QED) is 0.626. The fraction of sp³-hybridized carbons (Fsp3) is 0.353. The van der Waals surface area contributed by atoms with Crippen molar-refractivity contribution in [3.8, 4) is 11.4 Å². The van der Waals surface area contributed by atoms with Gasteiger partial charge in [-0.3, -0.25) is 4.98 Å². The first-order valence-electron chi connectivity index (χ1n) is 8.48. The van der Waals surface area contributed by atoms with Crippen LogP contribution in [0.2, 0.25) is 0 Å². The topological polar surface area (TPSA) is 111 Å². The molecule has 3 aromatic rings. The highest BCUT2D eigenvalue weighted by Crippen LogP contribution is 2.40. The molecule has 0 saturated carbocycles. The standard InChI is InChI=1S/C17H19N5O2S2/c18-26(23,24)9-3-8-20-16-14-12-5-1-6-13(12)25-17(14)22-15(21-16)11-4-2-7-19-10-11/h2,4,7,10H,1,3,5-6,8-9H2,(H2,18,23,24)(H,20,21,22). The van der Waals surface area contributed by atoms with Gasteiger partial charge in [0.2, 0.25) is 10.0 Å². The van der Waals surface area contributed by atoms with Crippen LogP contribution >= 0.6 is 11.3 Å². The molecule has 0 spiro atoms. The summed E-state index contributed by atoms with van der Waals surface area (Å²) in [5, 5.41) is 9.45. The number of pyridine rings is 1. The summed E-state index contributed by atoms with van der Waals surface area (Å²) in [6.45, 7) is 0.486. The molecule has 3 aromatic heterocycles. The third-order valence-electron chi connectivity index (χ3n) is 4.38. The molecule has 136 valence electrons. The average molecular weight is 390 g/mol. The minimum absolute atomic E-state index is 0.0502. The molecule has 0 saturated heterocycles. The highest BCUT2D eigenvalue weighted by Gasteiger charge is 2.22. The fourth-order valence-electron chi connectivity index (χ4n) is 3.23. The number of rotatable bonds is 6. The summed E-state index contributed by atoms with van der Waals surface area (Å²) in [6, 6.07) is 3.79. The van der Waals surface area contributed by atoms with Crippen molar-refractivity contribution in [1.82, 2.24) is 15.0 Å². The average Bonchev–Trinajstić information content (AvgIpc) is 3.19. The maximum absolute atomic E-state index is 11.1. The maximum atomic E-state index is 11.1. The number of nitrogens with zero attached hydrogens (tertiary/aromatic N) is 3. The van der Waals surface area contributed by atoms with E-state index in [1.807, 2.05) is 12.1 Å². The number of sulfonamides is 1. The Morgan fingerprint density at radius 3 is 2.92 bits per heavy atom. The number of aromatic nitrogens is 3. The summed E-state index contributed by atoms with van der Waals surface area (Å²) in [6.07, 6.45) is 7.17. The Hall–Kier alpha value is -2.10. The van der Waals surface area contributed by atoms with Crippen LogP contribution in [-0.4, -0.2) is 35.7 Å². The van der Waals surface area contributed by atoms with Gasteiger partial charge in [0.1, 0.15) is 10.6 Å². The van der Waals surface area contributed by atoms with E-state index in [2.05, 4.69) is 10.3 Å². The second-order valence-corrected chi connectivity index (χ2v) is 9.14. The van der Waals surface area contributed by atoms with Gasteiger partial charge in [-0.2, -0.15) is 0 Å². The van der Waals surface area contributed by atoms with Gasteiger partial charge in [0, 0.05) is 29.4 Å². The van der Waals surface area contributed by atoms with E-state index in [9.17, 15) is 8.42 Å². The van der Waals surface area contributed by atoms with Gasteiger partial charge in [-0.05, 0) is 43.4 Å². The van der Waals surface area contributed by atoms with E-state index in [1.165, 1.54) is 10.4 Å². The van der Waals surface area contributed by atoms with Crippen LogP contribution in [0, 0.1) is 0 Å². The summed E-state index contributed by atoms with van der Waals surface area (Å²) in [4.78, 5) is 16.0. The lowest BCUT2D eigenvalue weighted by Gasteiger charge is -2.10. The van der Waals surface area contributed by atoms with Crippen LogP contribution in [0.3, 0.4) is 0 Å². The van der Waals surface area contributed by atoms with E-state index in [1.54, 1.807) is 23.7 Å². The predicted molar refractivity (Wildman–Crippen MR) is 104 cm³/mol. The molecule has 3 heterocycles. The van der Waals surface area contributed by atoms with Gasteiger partial charge in [-0.1, -0.05) is 0 Å². The summed E-state index contributed by atoms with van der Waals surface area (Å²) in [7, 11) is -3.45. The molecule has 3 N–H and O–H groups in total. The minimum atomic E-state index is -3.45.